The highest BCUT2D eigenvalue weighted by molar-refractivity contribution is 6.30. The number of esters is 1. The van der Waals surface area contributed by atoms with E-state index in [0.29, 0.717) is 22.9 Å². The summed E-state index contributed by atoms with van der Waals surface area (Å²) in [5, 5.41) is 0.659. The second kappa shape index (κ2) is 6.90. The molecule has 0 saturated heterocycles. The number of carbonyl (C=O) groups is 1. The Kier molecular flexibility index (Phi) is 4.74. The van der Waals surface area contributed by atoms with E-state index in [1.54, 1.807) is 13.8 Å². The van der Waals surface area contributed by atoms with Crippen LogP contribution in [0.1, 0.15) is 64.0 Å². The van der Waals surface area contributed by atoms with Crippen molar-refractivity contribution < 1.29 is 19.0 Å². The standard InChI is InChI=1S/C21H25ClO4/c1-21(2)25-17-12-16(13-6-4-3-5-7-13)24-19(18(17)20(23)26-21)14-8-10-15(22)11-9-14/h8-11,13,16,19H,3-7,12H2,1-2H3/t16-,19+/m0/s1. The molecular weight excluding hydrogens is 352 g/mol. The quantitative estimate of drug-likeness (QED) is 0.656. The maximum Gasteiger partial charge on any atom is 0.343 e. The van der Waals surface area contributed by atoms with Crippen LogP contribution in [-0.4, -0.2) is 17.9 Å². The number of ether oxygens (including phenoxy) is 3. The Labute approximate surface area is 159 Å². The van der Waals surface area contributed by atoms with E-state index in [9.17, 15) is 4.79 Å². The van der Waals surface area contributed by atoms with Gasteiger partial charge in [-0.2, -0.15) is 0 Å². The normalized spacial score (nSPS) is 29.0. The van der Waals surface area contributed by atoms with Crippen LogP contribution in [0.3, 0.4) is 0 Å². The third-order valence-electron chi connectivity index (χ3n) is 5.54. The molecule has 0 unspecified atom stereocenters. The van der Waals surface area contributed by atoms with E-state index in [2.05, 4.69) is 0 Å². The Morgan fingerprint density at radius 1 is 1.04 bits per heavy atom. The van der Waals surface area contributed by atoms with Crippen molar-refractivity contribution in [2.45, 2.75) is 70.4 Å². The van der Waals surface area contributed by atoms with Gasteiger partial charge < -0.3 is 14.2 Å². The van der Waals surface area contributed by atoms with Crippen molar-refractivity contribution in [3.05, 3.63) is 46.2 Å². The molecule has 2 aliphatic heterocycles. The van der Waals surface area contributed by atoms with Gasteiger partial charge in [-0.1, -0.05) is 43.0 Å². The van der Waals surface area contributed by atoms with Crippen LogP contribution in [0.2, 0.25) is 5.02 Å². The molecule has 0 radical (unpaired) electrons. The van der Waals surface area contributed by atoms with Crippen molar-refractivity contribution in [3.63, 3.8) is 0 Å². The predicted molar refractivity (Wildman–Crippen MR) is 98.5 cm³/mol. The number of carbonyl (C=O) groups excluding carboxylic acids is 1. The van der Waals surface area contributed by atoms with Crippen LogP contribution in [0.4, 0.5) is 0 Å². The number of halogens is 1. The highest BCUT2D eigenvalue weighted by Crippen LogP contribution is 2.45. The summed E-state index contributed by atoms with van der Waals surface area (Å²) in [6, 6.07) is 7.47. The maximum absolute atomic E-state index is 12.7. The molecule has 0 N–H and O–H groups in total. The molecule has 140 valence electrons. The van der Waals surface area contributed by atoms with Crippen LogP contribution in [0.15, 0.2) is 35.6 Å². The lowest BCUT2D eigenvalue weighted by Gasteiger charge is -2.43. The first-order valence-corrected chi connectivity index (χ1v) is 9.87. The van der Waals surface area contributed by atoms with Crippen molar-refractivity contribution >= 4 is 17.6 Å². The summed E-state index contributed by atoms with van der Waals surface area (Å²) in [7, 11) is 0. The molecule has 1 fully saturated rings. The third kappa shape index (κ3) is 3.49. The van der Waals surface area contributed by atoms with Crippen LogP contribution >= 0.6 is 11.6 Å². The highest BCUT2D eigenvalue weighted by Gasteiger charge is 2.45. The minimum atomic E-state index is -0.936. The van der Waals surface area contributed by atoms with Crippen molar-refractivity contribution in [2.75, 3.05) is 0 Å². The Bertz CT molecular complexity index is 716. The van der Waals surface area contributed by atoms with Gasteiger partial charge in [0.05, 0.1) is 6.10 Å². The minimum Gasteiger partial charge on any atom is -0.456 e. The molecule has 2 heterocycles. The minimum absolute atomic E-state index is 0.0661. The van der Waals surface area contributed by atoms with E-state index < -0.39 is 11.9 Å². The fourth-order valence-corrected chi connectivity index (χ4v) is 4.44. The number of hydrogen-bond acceptors (Lipinski definition) is 4. The number of hydrogen-bond donors (Lipinski definition) is 0. The summed E-state index contributed by atoms with van der Waals surface area (Å²) in [5.74, 6) is -0.0434. The second-order valence-corrected chi connectivity index (χ2v) is 8.37. The van der Waals surface area contributed by atoms with Crippen LogP contribution in [0.25, 0.3) is 0 Å². The zero-order valence-electron chi connectivity index (χ0n) is 15.3. The number of cyclic esters (lactones) is 1. The smallest absolute Gasteiger partial charge is 0.343 e. The topological polar surface area (TPSA) is 44.8 Å². The van der Waals surface area contributed by atoms with Crippen molar-refractivity contribution in [1.29, 1.82) is 0 Å². The Morgan fingerprint density at radius 3 is 2.42 bits per heavy atom. The SMILES string of the molecule is CC1(C)OC(=O)C2=C(C[C@@H](C3CCCCC3)O[C@@H]2c2ccc(Cl)cc2)O1. The lowest BCUT2D eigenvalue weighted by molar-refractivity contribution is -0.219. The van der Waals surface area contributed by atoms with Gasteiger partial charge in [-0.3, -0.25) is 0 Å². The number of benzene rings is 1. The van der Waals surface area contributed by atoms with Crippen LogP contribution < -0.4 is 0 Å². The molecule has 0 bridgehead atoms. The largest absolute Gasteiger partial charge is 0.456 e. The molecule has 1 aromatic carbocycles. The molecule has 4 rings (SSSR count). The van der Waals surface area contributed by atoms with Gasteiger partial charge in [0.1, 0.15) is 17.4 Å². The Morgan fingerprint density at radius 2 is 1.73 bits per heavy atom. The Balaban J connectivity index is 1.71. The fourth-order valence-electron chi connectivity index (χ4n) is 4.31. The summed E-state index contributed by atoms with van der Waals surface area (Å²) < 4.78 is 18.0. The fraction of sp³-hybridized carbons (Fsp3) is 0.571. The average molecular weight is 377 g/mol. The zero-order chi connectivity index (χ0) is 18.3. The molecule has 0 amide bonds. The summed E-state index contributed by atoms with van der Waals surface area (Å²) in [6.07, 6.45) is 6.38. The van der Waals surface area contributed by atoms with Crippen LogP contribution in [-0.2, 0) is 19.0 Å². The van der Waals surface area contributed by atoms with E-state index in [1.165, 1.54) is 32.1 Å². The first kappa shape index (κ1) is 17.9. The lowest BCUT2D eigenvalue weighted by Crippen LogP contribution is -2.43. The van der Waals surface area contributed by atoms with Crippen molar-refractivity contribution in [1.82, 2.24) is 0 Å². The molecule has 3 aliphatic rings. The van der Waals surface area contributed by atoms with Crippen molar-refractivity contribution in [3.8, 4) is 0 Å². The first-order chi connectivity index (χ1) is 12.4. The average Bonchev–Trinajstić information content (AvgIpc) is 2.61. The summed E-state index contributed by atoms with van der Waals surface area (Å²) in [6.45, 7) is 3.55. The van der Waals surface area contributed by atoms with Gasteiger partial charge in [-0.15, -0.1) is 0 Å². The molecule has 0 aromatic heterocycles. The molecule has 1 aliphatic carbocycles. The maximum atomic E-state index is 12.7. The van der Waals surface area contributed by atoms with Crippen molar-refractivity contribution in [2.24, 2.45) is 5.92 Å². The van der Waals surface area contributed by atoms with Gasteiger partial charge in [-0.05, 0) is 36.5 Å². The molecule has 5 heteroatoms. The summed E-state index contributed by atoms with van der Waals surface area (Å²) >= 11 is 6.04. The first-order valence-electron chi connectivity index (χ1n) is 9.49. The molecule has 0 spiro atoms. The monoisotopic (exact) mass is 376 g/mol. The van der Waals surface area contributed by atoms with Gasteiger partial charge in [0.2, 0.25) is 5.79 Å². The molecular formula is C21H25ClO4. The van der Waals surface area contributed by atoms with Crippen LogP contribution in [0, 0.1) is 5.92 Å². The molecule has 2 atom stereocenters. The highest BCUT2D eigenvalue weighted by atomic mass is 35.5. The van der Waals surface area contributed by atoms with E-state index >= 15 is 0 Å². The zero-order valence-corrected chi connectivity index (χ0v) is 16.1. The molecule has 26 heavy (non-hydrogen) atoms. The van der Waals surface area contributed by atoms with E-state index in [0.717, 1.165) is 11.3 Å². The summed E-state index contributed by atoms with van der Waals surface area (Å²) in [5.41, 5.74) is 1.40. The van der Waals surface area contributed by atoms with Gasteiger partial charge in [0.15, 0.2) is 0 Å². The van der Waals surface area contributed by atoms with E-state index in [1.807, 2.05) is 24.3 Å². The molecule has 1 saturated carbocycles. The summed E-state index contributed by atoms with van der Waals surface area (Å²) in [4.78, 5) is 12.7. The Hall–Kier alpha value is -1.52. The second-order valence-electron chi connectivity index (χ2n) is 7.94. The van der Waals surface area contributed by atoms with Crippen LogP contribution in [0.5, 0.6) is 0 Å². The third-order valence-corrected chi connectivity index (χ3v) is 5.79. The van der Waals surface area contributed by atoms with Gasteiger partial charge in [0, 0.05) is 25.3 Å². The predicted octanol–water partition coefficient (Wildman–Crippen LogP) is 5.31. The van der Waals surface area contributed by atoms with E-state index in [-0.39, 0.29) is 12.1 Å². The van der Waals surface area contributed by atoms with E-state index in [4.69, 9.17) is 25.8 Å². The molecule has 1 aromatic rings. The number of rotatable bonds is 2. The van der Waals surface area contributed by atoms with Gasteiger partial charge in [-0.25, -0.2) is 4.79 Å². The van der Waals surface area contributed by atoms with Gasteiger partial charge >= 0.3 is 5.97 Å². The van der Waals surface area contributed by atoms with Gasteiger partial charge in [0.25, 0.3) is 0 Å². The lowest BCUT2D eigenvalue weighted by atomic mass is 9.81. The molecule has 4 nitrogen and oxygen atoms in total.